The zero-order valence-corrected chi connectivity index (χ0v) is 11.2. The fourth-order valence-corrected chi connectivity index (χ4v) is 2.19. The van der Waals surface area contributed by atoms with Gasteiger partial charge in [0.15, 0.2) is 0 Å². The Labute approximate surface area is 109 Å². The second-order valence-corrected chi connectivity index (χ2v) is 5.13. The van der Waals surface area contributed by atoms with Gasteiger partial charge in [0.1, 0.15) is 5.75 Å². The van der Waals surface area contributed by atoms with Gasteiger partial charge >= 0.3 is 0 Å². The Kier molecular flexibility index (Phi) is 3.69. The summed E-state index contributed by atoms with van der Waals surface area (Å²) in [6, 6.07) is 5.23. The third kappa shape index (κ3) is 2.79. The van der Waals surface area contributed by atoms with Crippen molar-refractivity contribution in [3.05, 3.63) is 28.2 Å². The van der Waals surface area contributed by atoms with Gasteiger partial charge in [-0.1, -0.05) is 0 Å². The molecule has 1 aromatic carbocycles. The van der Waals surface area contributed by atoms with E-state index in [4.69, 9.17) is 0 Å². The predicted octanol–water partition coefficient (Wildman–Crippen LogP) is 1.59. The number of hydrogen-bond donors (Lipinski definition) is 2. The smallest absolute Gasteiger partial charge is 0.254 e. The summed E-state index contributed by atoms with van der Waals surface area (Å²) in [4.78, 5) is 14.0. The lowest BCUT2D eigenvalue weighted by Gasteiger charge is -2.32. The van der Waals surface area contributed by atoms with Gasteiger partial charge in [-0.05, 0) is 41.1 Å². The summed E-state index contributed by atoms with van der Waals surface area (Å²) in [6.45, 7) is 4.28. The van der Waals surface area contributed by atoms with E-state index in [1.54, 1.807) is 12.1 Å². The Morgan fingerprint density at radius 2 is 2.35 bits per heavy atom. The summed E-state index contributed by atoms with van der Waals surface area (Å²) in [7, 11) is 0. The van der Waals surface area contributed by atoms with Gasteiger partial charge in [-0.2, -0.15) is 0 Å². The molecule has 4 nitrogen and oxygen atoms in total. The van der Waals surface area contributed by atoms with Gasteiger partial charge in [-0.15, -0.1) is 0 Å². The number of nitrogens with one attached hydrogen (secondary N) is 1. The average Bonchev–Trinajstić information content (AvgIpc) is 2.32. The predicted molar refractivity (Wildman–Crippen MR) is 69.2 cm³/mol. The Balaban J connectivity index is 2.15. The molecule has 0 aliphatic carbocycles. The van der Waals surface area contributed by atoms with E-state index < -0.39 is 0 Å². The van der Waals surface area contributed by atoms with E-state index in [0.717, 1.165) is 6.54 Å². The molecule has 0 bridgehead atoms. The van der Waals surface area contributed by atoms with Crippen molar-refractivity contribution < 1.29 is 9.90 Å². The second kappa shape index (κ2) is 5.06. The number of carbonyl (C=O) groups excluding carboxylic acids is 1. The van der Waals surface area contributed by atoms with Gasteiger partial charge in [0, 0.05) is 31.2 Å². The number of benzene rings is 1. The van der Waals surface area contributed by atoms with Crippen molar-refractivity contribution in [2.45, 2.75) is 13.0 Å². The summed E-state index contributed by atoms with van der Waals surface area (Å²) < 4.78 is 0.600. The van der Waals surface area contributed by atoms with Crippen LogP contribution in [0.3, 0.4) is 0 Å². The number of amides is 1. The van der Waals surface area contributed by atoms with Crippen molar-refractivity contribution in [3.8, 4) is 5.75 Å². The third-order valence-electron chi connectivity index (χ3n) is 2.85. The lowest BCUT2D eigenvalue weighted by atomic mass is 10.1. The minimum absolute atomic E-state index is 0.0267. The summed E-state index contributed by atoms with van der Waals surface area (Å²) in [5.41, 5.74) is 0.528. The second-order valence-electron chi connectivity index (χ2n) is 4.27. The van der Waals surface area contributed by atoms with Crippen molar-refractivity contribution >= 4 is 21.8 Å². The number of halogens is 1. The van der Waals surface area contributed by atoms with Crippen LogP contribution >= 0.6 is 15.9 Å². The number of carbonyl (C=O) groups is 1. The van der Waals surface area contributed by atoms with Gasteiger partial charge in [-0.3, -0.25) is 4.79 Å². The monoisotopic (exact) mass is 298 g/mol. The molecular weight excluding hydrogens is 284 g/mol. The SMILES string of the molecule is C[C@@H]1CN(C(=O)c2ccc(Br)c(O)c2)CCN1. The topological polar surface area (TPSA) is 52.6 Å². The zero-order chi connectivity index (χ0) is 12.4. The molecule has 2 N–H and O–H groups in total. The number of aromatic hydroxyl groups is 1. The van der Waals surface area contributed by atoms with Crippen LogP contribution in [0.1, 0.15) is 17.3 Å². The molecule has 0 radical (unpaired) electrons. The van der Waals surface area contributed by atoms with Crippen molar-refractivity contribution in [2.24, 2.45) is 0 Å². The van der Waals surface area contributed by atoms with Crippen LogP contribution in [0.5, 0.6) is 5.75 Å². The number of rotatable bonds is 1. The summed E-state index contributed by atoms with van der Waals surface area (Å²) in [6.07, 6.45) is 0. The van der Waals surface area contributed by atoms with E-state index in [9.17, 15) is 9.90 Å². The largest absolute Gasteiger partial charge is 0.507 e. The van der Waals surface area contributed by atoms with Gasteiger partial charge in [0.2, 0.25) is 0 Å². The lowest BCUT2D eigenvalue weighted by molar-refractivity contribution is 0.0708. The van der Waals surface area contributed by atoms with E-state index in [2.05, 4.69) is 28.2 Å². The quantitative estimate of drug-likeness (QED) is 0.828. The van der Waals surface area contributed by atoms with Gasteiger partial charge < -0.3 is 15.3 Å². The van der Waals surface area contributed by atoms with Gasteiger partial charge in [-0.25, -0.2) is 0 Å². The Morgan fingerprint density at radius 1 is 1.59 bits per heavy atom. The molecule has 1 saturated heterocycles. The highest BCUT2D eigenvalue weighted by molar-refractivity contribution is 9.10. The molecule has 1 heterocycles. The molecule has 5 heteroatoms. The number of phenols is 1. The maximum Gasteiger partial charge on any atom is 0.254 e. The standard InChI is InChI=1S/C12H15BrN2O2/c1-8-7-15(5-4-14-8)12(17)9-2-3-10(13)11(16)6-9/h2-3,6,8,14,16H,4-5,7H2,1H3/t8-/m1/s1. The molecule has 1 aliphatic rings. The lowest BCUT2D eigenvalue weighted by Crippen LogP contribution is -2.51. The van der Waals surface area contributed by atoms with Crippen LogP contribution in [0.4, 0.5) is 0 Å². The summed E-state index contributed by atoms with van der Waals surface area (Å²) in [5.74, 6) is 0.0696. The Morgan fingerprint density at radius 3 is 3.00 bits per heavy atom. The minimum atomic E-state index is -0.0267. The first-order valence-corrected chi connectivity index (χ1v) is 6.38. The molecule has 0 saturated carbocycles. The average molecular weight is 299 g/mol. The van der Waals surface area contributed by atoms with Crippen LogP contribution in [0, 0.1) is 0 Å². The highest BCUT2D eigenvalue weighted by atomic mass is 79.9. The van der Waals surface area contributed by atoms with E-state index in [-0.39, 0.29) is 11.7 Å². The Hall–Kier alpha value is -1.07. The van der Waals surface area contributed by atoms with E-state index in [1.807, 2.05) is 4.90 Å². The first-order valence-electron chi connectivity index (χ1n) is 5.59. The highest BCUT2D eigenvalue weighted by Crippen LogP contribution is 2.25. The Bertz CT molecular complexity index is 437. The number of piperazine rings is 1. The molecular formula is C12H15BrN2O2. The molecule has 92 valence electrons. The van der Waals surface area contributed by atoms with Crippen LogP contribution in [0.2, 0.25) is 0 Å². The van der Waals surface area contributed by atoms with Gasteiger partial charge in [0.05, 0.1) is 4.47 Å². The van der Waals surface area contributed by atoms with Crippen molar-refractivity contribution in [3.63, 3.8) is 0 Å². The summed E-state index contributed by atoms with van der Waals surface area (Å²) in [5, 5.41) is 12.9. The molecule has 1 atom stereocenters. The minimum Gasteiger partial charge on any atom is -0.507 e. The van der Waals surface area contributed by atoms with E-state index in [0.29, 0.717) is 29.2 Å². The molecule has 1 aromatic rings. The van der Waals surface area contributed by atoms with Crippen LogP contribution < -0.4 is 5.32 Å². The summed E-state index contributed by atoms with van der Waals surface area (Å²) >= 11 is 3.20. The molecule has 0 spiro atoms. The highest BCUT2D eigenvalue weighted by Gasteiger charge is 2.21. The molecule has 1 aliphatic heterocycles. The first-order chi connectivity index (χ1) is 8.08. The van der Waals surface area contributed by atoms with E-state index >= 15 is 0 Å². The molecule has 2 rings (SSSR count). The maximum absolute atomic E-state index is 12.2. The molecule has 17 heavy (non-hydrogen) atoms. The van der Waals surface area contributed by atoms with Crippen molar-refractivity contribution in [2.75, 3.05) is 19.6 Å². The van der Waals surface area contributed by atoms with Crippen molar-refractivity contribution in [1.82, 2.24) is 10.2 Å². The van der Waals surface area contributed by atoms with Crippen molar-refractivity contribution in [1.29, 1.82) is 0 Å². The molecule has 0 unspecified atom stereocenters. The number of hydrogen-bond acceptors (Lipinski definition) is 3. The maximum atomic E-state index is 12.2. The van der Waals surface area contributed by atoms with Crippen LogP contribution in [0.15, 0.2) is 22.7 Å². The fourth-order valence-electron chi connectivity index (χ4n) is 1.95. The molecule has 1 fully saturated rings. The van der Waals surface area contributed by atoms with Crippen LogP contribution in [-0.4, -0.2) is 41.6 Å². The van der Waals surface area contributed by atoms with E-state index in [1.165, 1.54) is 6.07 Å². The number of phenolic OH excluding ortho intramolecular Hbond substituents is 1. The normalized spacial score (nSPS) is 20.4. The molecule has 0 aromatic heterocycles. The number of nitrogens with zero attached hydrogens (tertiary/aromatic N) is 1. The molecule has 1 amide bonds. The fraction of sp³-hybridized carbons (Fsp3) is 0.417. The third-order valence-corrected chi connectivity index (χ3v) is 3.52. The zero-order valence-electron chi connectivity index (χ0n) is 9.61. The van der Waals surface area contributed by atoms with Crippen LogP contribution in [0.25, 0.3) is 0 Å². The van der Waals surface area contributed by atoms with Crippen LogP contribution in [-0.2, 0) is 0 Å². The van der Waals surface area contributed by atoms with Gasteiger partial charge in [0.25, 0.3) is 5.91 Å². The first kappa shape index (κ1) is 12.4.